The lowest BCUT2D eigenvalue weighted by molar-refractivity contribution is -0.137. The highest BCUT2D eigenvalue weighted by Gasteiger charge is 2.33. The third-order valence-corrected chi connectivity index (χ3v) is 5.94. The number of hydrogen-bond donors (Lipinski definition) is 1. The summed E-state index contributed by atoms with van der Waals surface area (Å²) in [5.41, 5.74) is -0.235. The number of alkyl halides is 3. The van der Waals surface area contributed by atoms with E-state index >= 15 is 0 Å². The Labute approximate surface area is 145 Å². The van der Waals surface area contributed by atoms with Crippen molar-refractivity contribution in [1.29, 1.82) is 0 Å². The summed E-state index contributed by atoms with van der Waals surface area (Å²) in [6.45, 7) is 2.49. The molecule has 0 aliphatic carbocycles. The minimum absolute atomic E-state index is 0.00108. The van der Waals surface area contributed by atoms with Crippen LogP contribution < -0.4 is 5.32 Å². The van der Waals surface area contributed by atoms with Gasteiger partial charge in [0.15, 0.2) is 9.84 Å². The average molecular weight is 378 g/mol. The number of anilines is 1. The van der Waals surface area contributed by atoms with Crippen molar-refractivity contribution in [3.05, 3.63) is 29.8 Å². The molecule has 1 unspecified atom stereocenters. The van der Waals surface area contributed by atoms with Gasteiger partial charge in [0.05, 0.1) is 17.1 Å². The highest BCUT2D eigenvalue weighted by atomic mass is 32.2. The van der Waals surface area contributed by atoms with Crippen LogP contribution in [0.15, 0.2) is 24.3 Å². The molecule has 0 saturated carbocycles. The van der Waals surface area contributed by atoms with Crippen molar-refractivity contribution in [1.82, 2.24) is 4.90 Å². The summed E-state index contributed by atoms with van der Waals surface area (Å²) in [7, 11) is -3.07. The molecule has 0 spiro atoms. The second-order valence-corrected chi connectivity index (χ2v) is 8.22. The van der Waals surface area contributed by atoms with E-state index < -0.39 is 21.6 Å². The van der Waals surface area contributed by atoms with Gasteiger partial charge in [-0.25, -0.2) is 8.42 Å². The number of halogens is 3. The molecule has 1 aromatic carbocycles. The van der Waals surface area contributed by atoms with Gasteiger partial charge in [0, 0.05) is 31.2 Å². The van der Waals surface area contributed by atoms with Gasteiger partial charge in [-0.3, -0.25) is 4.79 Å². The molecule has 1 aliphatic rings. The van der Waals surface area contributed by atoms with Crippen molar-refractivity contribution in [3.63, 3.8) is 0 Å². The molecule has 140 valence electrons. The lowest BCUT2D eigenvalue weighted by atomic mass is 10.2. The molecular formula is C16H21F3N2O3S. The smallest absolute Gasteiger partial charge is 0.385 e. The molecule has 1 amide bonds. The first kappa shape index (κ1) is 19.6. The van der Waals surface area contributed by atoms with Gasteiger partial charge in [0.25, 0.3) is 0 Å². The molecule has 1 heterocycles. The number of rotatable bonds is 6. The minimum atomic E-state index is -4.38. The van der Waals surface area contributed by atoms with Crippen LogP contribution in [-0.2, 0) is 20.8 Å². The van der Waals surface area contributed by atoms with Gasteiger partial charge in [-0.05, 0) is 37.6 Å². The molecule has 1 aromatic rings. The van der Waals surface area contributed by atoms with E-state index in [1.54, 1.807) is 11.8 Å². The molecule has 1 aliphatic heterocycles. The maximum Gasteiger partial charge on any atom is 0.416 e. The summed E-state index contributed by atoms with van der Waals surface area (Å²) in [6, 6.07) is 4.30. The predicted molar refractivity (Wildman–Crippen MR) is 89.0 cm³/mol. The van der Waals surface area contributed by atoms with Crippen LogP contribution in [0.4, 0.5) is 18.9 Å². The van der Waals surface area contributed by atoms with Crippen LogP contribution in [0.3, 0.4) is 0 Å². The Morgan fingerprint density at radius 2 is 1.92 bits per heavy atom. The summed E-state index contributed by atoms with van der Waals surface area (Å²) < 4.78 is 60.6. The second kappa shape index (κ2) is 7.63. The summed E-state index contributed by atoms with van der Waals surface area (Å²) in [4.78, 5) is 13.9. The van der Waals surface area contributed by atoms with E-state index in [9.17, 15) is 26.4 Å². The van der Waals surface area contributed by atoms with Crippen LogP contribution in [0.1, 0.15) is 25.3 Å². The van der Waals surface area contributed by atoms with Crippen LogP contribution in [0.5, 0.6) is 0 Å². The van der Waals surface area contributed by atoms with E-state index in [0.29, 0.717) is 18.7 Å². The fraction of sp³-hybridized carbons (Fsp3) is 0.562. The number of hydrogen-bond acceptors (Lipinski definition) is 4. The number of carbonyl (C=O) groups is 1. The Bertz CT molecular complexity index is 702. The number of sulfone groups is 1. The van der Waals surface area contributed by atoms with Crippen molar-refractivity contribution in [3.8, 4) is 0 Å². The van der Waals surface area contributed by atoms with E-state index in [1.165, 1.54) is 12.1 Å². The summed E-state index contributed by atoms with van der Waals surface area (Å²) >= 11 is 0. The maximum absolute atomic E-state index is 12.5. The van der Waals surface area contributed by atoms with Gasteiger partial charge in [-0.15, -0.1) is 0 Å². The van der Waals surface area contributed by atoms with Crippen LogP contribution >= 0.6 is 0 Å². The molecule has 0 bridgehead atoms. The first-order valence-electron chi connectivity index (χ1n) is 8.03. The Hall–Kier alpha value is -1.77. The molecule has 0 radical (unpaired) electrons. The molecule has 1 saturated heterocycles. The van der Waals surface area contributed by atoms with E-state index in [0.717, 1.165) is 12.1 Å². The molecule has 5 nitrogen and oxygen atoms in total. The van der Waals surface area contributed by atoms with Gasteiger partial charge >= 0.3 is 6.18 Å². The largest absolute Gasteiger partial charge is 0.416 e. The fourth-order valence-corrected chi connectivity index (χ4v) is 4.62. The summed E-state index contributed by atoms with van der Waals surface area (Å²) in [5, 5.41) is 2.91. The van der Waals surface area contributed by atoms with Crippen molar-refractivity contribution in [2.24, 2.45) is 0 Å². The van der Waals surface area contributed by atoms with Gasteiger partial charge in [0.1, 0.15) is 0 Å². The van der Waals surface area contributed by atoms with Gasteiger partial charge in [0.2, 0.25) is 5.91 Å². The third kappa shape index (κ3) is 5.35. The predicted octanol–water partition coefficient (Wildman–Crippen LogP) is 2.54. The molecule has 1 atom stereocenters. The number of carbonyl (C=O) groups excluding carboxylic acids is 1. The first-order chi connectivity index (χ1) is 11.6. The summed E-state index contributed by atoms with van der Waals surface area (Å²) in [6.07, 6.45) is -3.78. The first-order valence-corrected chi connectivity index (χ1v) is 9.85. The molecule has 0 aromatic heterocycles. The highest BCUT2D eigenvalue weighted by molar-refractivity contribution is 7.91. The zero-order chi connectivity index (χ0) is 18.7. The topological polar surface area (TPSA) is 66.5 Å². The zero-order valence-corrected chi connectivity index (χ0v) is 14.7. The standard InChI is InChI=1S/C16H21F3N2O3S/c1-2-21(14-8-10-25(23,24)11-14)15(22)7-9-20-13-5-3-12(4-6-13)16(17,18)19/h3-6,14,20H,2,7-11H2,1H3. The van der Waals surface area contributed by atoms with Crippen LogP contribution in [-0.4, -0.2) is 49.9 Å². The molecule has 1 N–H and O–H groups in total. The number of amides is 1. The highest BCUT2D eigenvalue weighted by Crippen LogP contribution is 2.29. The molecular weight excluding hydrogens is 357 g/mol. The molecule has 1 fully saturated rings. The van der Waals surface area contributed by atoms with Crippen molar-refractivity contribution < 1.29 is 26.4 Å². The van der Waals surface area contributed by atoms with Gasteiger partial charge < -0.3 is 10.2 Å². The zero-order valence-electron chi connectivity index (χ0n) is 13.8. The van der Waals surface area contributed by atoms with Crippen LogP contribution in [0.25, 0.3) is 0 Å². The number of nitrogens with one attached hydrogen (secondary N) is 1. The van der Waals surface area contributed by atoms with Crippen LogP contribution in [0, 0.1) is 0 Å². The van der Waals surface area contributed by atoms with E-state index in [2.05, 4.69) is 5.32 Å². The maximum atomic E-state index is 12.5. The summed E-state index contributed by atoms with van der Waals surface area (Å²) in [5.74, 6) is -0.0616. The Kier molecular flexibility index (Phi) is 5.97. The van der Waals surface area contributed by atoms with Crippen LogP contribution in [0.2, 0.25) is 0 Å². The third-order valence-electron chi connectivity index (χ3n) is 4.19. The minimum Gasteiger partial charge on any atom is -0.385 e. The lowest BCUT2D eigenvalue weighted by Gasteiger charge is -2.27. The monoisotopic (exact) mass is 378 g/mol. The number of benzene rings is 1. The Morgan fingerprint density at radius 1 is 1.28 bits per heavy atom. The molecule has 25 heavy (non-hydrogen) atoms. The normalized spacial score (nSPS) is 19.6. The van der Waals surface area contributed by atoms with Crippen molar-refractivity contribution in [2.75, 3.05) is 29.9 Å². The number of nitrogens with zero attached hydrogens (tertiary/aromatic N) is 1. The average Bonchev–Trinajstić information content (AvgIpc) is 2.87. The Balaban J connectivity index is 1.85. The SMILES string of the molecule is CCN(C(=O)CCNc1ccc(C(F)(F)F)cc1)C1CCS(=O)(=O)C1. The van der Waals surface area contributed by atoms with Crippen molar-refractivity contribution >= 4 is 21.4 Å². The van der Waals surface area contributed by atoms with Gasteiger partial charge in [-0.1, -0.05) is 0 Å². The van der Waals surface area contributed by atoms with E-state index in [1.807, 2.05) is 0 Å². The lowest BCUT2D eigenvalue weighted by Crippen LogP contribution is -2.41. The van der Waals surface area contributed by atoms with E-state index in [4.69, 9.17) is 0 Å². The molecule has 9 heteroatoms. The second-order valence-electron chi connectivity index (χ2n) is 5.99. The molecule has 2 rings (SSSR count). The van der Waals surface area contributed by atoms with Crippen molar-refractivity contribution in [2.45, 2.75) is 32.0 Å². The Morgan fingerprint density at radius 3 is 2.40 bits per heavy atom. The fourth-order valence-electron chi connectivity index (χ4n) is 2.89. The quantitative estimate of drug-likeness (QED) is 0.826. The van der Waals surface area contributed by atoms with E-state index in [-0.39, 0.29) is 36.4 Å². The van der Waals surface area contributed by atoms with Gasteiger partial charge in [-0.2, -0.15) is 13.2 Å².